The Hall–Kier alpha value is -0.750. The van der Waals surface area contributed by atoms with Gasteiger partial charge in [0, 0.05) is 5.75 Å². The van der Waals surface area contributed by atoms with Gasteiger partial charge in [-0.3, -0.25) is 14.9 Å². The summed E-state index contributed by atoms with van der Waals surface area (Å²) in [5.74, 6) is -0.846. The summed E-state index contributed by atoms with van der Waals surface area (Å²) in [7, 11) is 0. The summed E-state index contributed by atoms with van der Waals surface area (Å²) < 4.78 is 0. The average Bonchev–Trinajstić information content (AvgIpc) is 2.28. The van der Waals surface area contributed by atoms with Crippen LogP contribution in [0.25, 0.3) is 0 Å². The van der Waals surface area contributed by atoms with Gasteiger partial charge in [-0.05, 0) is 12.2 Å². The number of hydrogen-bond donors (Lipinski definition) is 3. The largest absolute Gasteiger partial charge is 0.480 e. The lowest BCUT2D eigenvalue weighted by atomic mass is 10.2. The summed E-state index contributed by atoms with van der Waals surface area (Å²) in [6.07, 6.45) is 0.476. The third kappa shape index (κ3) is 2.89. The van der Waals surface area contributed by atoms with Crippen LogP contribution in [0.2, 0.25) is 0 Å². The minimum atomic E-state index is -0.986. The summed E-state index contributed by atoms with van der Waals surface area (Å²) in [6, 6.07) is -1.47. The molecule has 0 unspecified atom stereocenters. The number of nitrogens with one attached hydrogen (secondary N) is 1. The molecule has 1 saturated heterocycles. The highest BCUT2D eigenvalue weighted by molar-refractivity contribution is 7.99. The van der Waals surface area contributed by atoms with E-state index in [0.29, 0.717) is 17.9 Å². The minimum absolute atomic E-state index is 0.430. The third-order valence-electron chi connectivity index (χ3n) is 1.83. The summed E-state index contributed by atoms with van der Waals surface area (Å²) in [4.78, 5) is 21.2. The summed E-state index contributed by atoms with van der Waals surface area (Å²) >= 11 is 1.47. The van der Waals surface area contributed by atoms with Crippen molar-refractivity contribution in [1.82, 2.24) is 5.32 Å². The number of carboxylic acids is 2. The van der Waals surface area contributed by atoms with E-state index in [-0.39, 0.29) is 0 Å². The first-order chi connectivity index (χ1) is 6.11. The summed E-state index contributed by atoms with van der Waals surface area (Å²) in [5.41, 5.74) is 0. The molecule has 2 atom stereocenters. The van der Waals surface area contributed by atoms with Crippen LogP contribution in [0.4, 0.5) is 0 Å². The van der Waals surface area contributed by atoms with Crippen molar-refractivity contribution >= 4 is 23.7 Å². The molecular weight excluding hydrogens is 194 g/mol. The van der Waals surface area contributed by atoms with E-state index in [1.165, 1.54) is 11.8 Å². The predicted molar refractivity (Wildman–Crippen MR) is 47.9 cm³/mol. The van der Waals surface area contributed by atoms with E-state index in [2.05, 4.69) is 5.32 Å². The Kier molecular flexibility index (Phi) is 3.56. The topological polar surface area (TPSA) is 86.6 Å². The second-order valence-electron chi connectivity index (χ2n) is 2.81. The molecule has 0 spiro atoms. The standard InChI is InChI=1S/C7H11NO4S/c9-6(10)4-1-2-13-3-5(8-4)7(11)12/h4-5,8H,1-3H2,(H,9,10)(H,11,12)/t4-,5+/m0/s1. The molecule has 0 aromatic rings. The molecule has 0 aromatic carbocycles. The number of hydrogen-bond acceptors (Lipinski definition) is 4. The molecule has 74 valence electrons. The molecule has 3 N–H and O–H groups in total. The van der Waals surface area contributed by atoms with E-state index in [1.807, 2.05) is 0 Å². The highest BCUT2D eigenvalue weighted by Gasteiger charge is 2.28. The van der Waals surface area contributed by atoms with Crippen molar-refractivity contribution in [1.29, 1.82) is 0 Å². The maximum Gasteiger partial charge on any atom is 0.321 e. The van der Waals surface area contributed by atoms with Crippen molar-refractivity contribution in [2.45, 2.75) is 18.5 Å². The number of rotatable bonds is 2. The van der Waals surface area contributed by atoms with Gasteiger partial charge in [-0.15, -0.1) is 0 Å². The SMILES string of the molecule is O=C(O)[C@@H]1CCSC[C@H](C(=O)O)N1. The van der Waals surface area contributed by atoms with Crippen molar-refractivity contribution in [3.63, 3.8) is 0 Å². The van der Waals surface area contributed by atoms with Crippen LogP contribution in [-0.2, 0) is 9.59 Å². The van der Waals surface area contributed by atoms with Gasteiger partial charge in [0.1, 0.15) is 12.1 Å². The van der Waals surface area contributed by atoms with Crippen molar-refractivity contribution in [3.8, 4) is 0 Å². The second-order valence-corrected chi connectivity index (χ2v) is 3.96. The number of aliphatic carboxylic acids is 2. The zero-order valence-electron chi connectivity index (χ0n) is 6.90. The zero-order chi connectivity index (χ0) is 9.84. The Balaban J connectivity index is 2.59. The lowest BCUT2D eigenvalue weighted by Crippen LogP contribution is -2.47. The molecule has 6 heteroatoms. The molecular formula is C7H11NO4S. The van der Waals surface area contributed by atoms with Crippen LogP contribution >= 0.6 is 11.8 Å². The van der Waals surface area contributed by atoms with Crippen LogP contribution in [-0.4, -0.2) is 45.7 Å². The Morgan fingerprint density at radius 3 is 2.38 bits per heavy atom. The summed E-state index contributed by atoms with van der Waals surface area (Å²) in [5, 5.41) is 20.0. The first kappa shape index (κ1) is 10.3. The van der Waals surface area contributed by atoms with Gasteiger partial charge in [0.15, 0.2) is 0 Å². The Bertz CT molecular complexity index is 199. The van der Waals surface area contributed by atoms with Crippen LogP contribution in [0.15, 0.2) is 0 Å². The normalized spacial score (nSPS) is 29.2. The van der Waals surface area contributed by atoms with E-state index in [1.54, 1.807) is 0 Å². The molecule has 1 aliphatic rings. The number of carbonyl (C=O) groups is 2. The van der Waals surface area contributed by atoms with Gasteiger partial charge in [0.05, 0.1) is 0 Å². The van der Waals surface area contributed by atoms with Crippen LogP contribution in [0.3, 0.4) is 0 Å². The molecule has 1 rings (SSSR count). The van der Waals surface area contributed by atoms with E-state index >= 15 is 0 Å². The van der Waals surface area contributed by atoms with Crippen LogP contribution in [0, 0.1) is 0 Å². The highest BCUT2D eigenvalue weighted by atomic mass is 32.2. The van der Waals surface area contributed by atoms with Crippen LogP contribution < -0.4 is 5.32 Å². The molecule has 0 aliphatic carbocycles. The third-order valence-corrected chi connectivity index (χ3v) is 2.93. The molecule has 13 heavy (non-hydrogen) atoms. The fourth-order valence-electron chi connectivity index (χ4n) is 1.11. The van der Waals surface area contributed by atoms with Gasteiger partial charge in [-0.25, -0.2) is 0 Å². The maximum absolute atomic E-state index is 10.6. The van der Waals surface area contributed by atoms with Gasteiger partial charge >= 0.3 is 11.9 Å². The monoisotopic (exact) mass is 205 g/mol. The Morgan fingerprint density at radius 2 is 1.85 bits per heavy atom. The van der Waals surface area contributed by atoms with E-state index in [4.69, 9.17) is 10.2 Å². The zero-order valence-corrected chi connectivity index (χ0v) is 7.71. The van der Waals surface area contributed by atoms with Crippen LogP contribution in [0.1, 0.15) is 6.42 Å². The molecule has 0 bridgehead atoms. The number of carboxylic acid groups (broad SMARTS) is 2. The Morgan fingerprint density at radius 1 is 1.23 bits per heavy atom. The number of thioether (sulfide) groups is 1. The second kappa shape index (κ2) is 4.48. The molecule has 0 radical (unpaired) electrons. The van der Waals surface area contributed by atoms with Crippen LogP contribution in [0.5, 0.6) is 0 Å². The molecule has 0 saturated carbocycles. The predicted octanol–water partition coefficient (Wildman–Crippen LogP) is -0.381. The van der Waals surface area contributed by atoms with Gasteiger partial charge in [-0.2, -0.15) is 11.8 Å². The van der Waals surface area contributed by atoms with Crippen molar-refractivity contribution in [2.75, 3.05) is 11.5 Å². The first-order valence-electron chi connectivity index (χ1n) is 3.90. The molecule has 1 fully saturated rings. The van der Waals surface area contributed by atoms with Gasteiger partial charge in [0.2, 0.25) is 0 Å². The molecule has 0 amide bonds. The molecule has 1 aliphatic heterocycles. The first-order valence-corrected chi connectivity index (χ1v) is 5.06. The van der Waals surface area contributed by atoms with E-state index in [9.17, 15) is 9.59 Å². The lowest BCUT2D eigenvalue weighted by Gasteiger charge is -2.14. The lowest BCUT2D eigenvalue weighted by molar-refractivity contribution is -0.142. The van der Waals surface area contributed by atoms with Gasteiger partial charge < -0.3 is 10.2 Å². The Labute approximate surface area is 79.5 Å². The average molecular weight is 205 g/mol. The minimum Gasteiger partial charge on any atom is -0.480 e. The smallest absolute Gasteiger partial charge is 0.321 e. The van der Waals surface area contributed by atoms with Crippen molar-refractivity contribution in [3.05, 3.63) is 0 Å². The van der Waals surface area contributed by atoms with Gasteiger partial charge in [0.25, 0.3) is 0 Å². The molecule has 1 heterocycles. The van der Waals surface area contributed by atoms with Crippen molar-refractivity contribution < 1.29 is 19.8 Å². The van der Waals surface area contributed by atoms with Gasteiger partial charge in [-0.1, -0.05) is 0 Å². The highest BCUT2D eigenvalue weighted by Crippen LogP contribution is 2.13. The van der Waals surface area contributed by atoms with E-state index in [0.717, 1.165) is 0 Å². The van der Waals surface area contributed by atoms with Crippen molar-refractivity contribution in [2.24, 2.45) is 0 Å². The fourth-order valence-corrected chi connectivity index (χ4v) is 2.16. The fraction of sp³-hybridized carbons (Fsp3) is 0.714. The molecule has 0 aromatic heterocycles. The maximum atomic E-state index is 10.6. The molecule has 5 nitrogen and oxygen atoms in total. The quantitative estimate of drug-likeness (QED) is 0.569. The summed E-state index contributed by atoms with van der Waals surface area (Å²) in [6.45, 7) is 0. The van der Waals surface area contributed by atoms with E-state index < -0.39 is 24.0 Å².